The number of benzene rings is 2. The smallest absolute Gasteiger partial charge is 0.251 e. The average Bonchev–Trinajstić information content (AvgIpc) is 3.47. The minimum atomic E-state index is -0.784. The molecule has 3 aromatic rings. The third-order valence-electron chi connectivity index (χ3n) is 12.3. The number of rotatable bonds is 12. The van der Waals surface area contributed by atoms with E-state index in [-0.39, 0.29) is 17.9 Å². The maximum Gasteiger partial charge on any atom is 0.251 e. The monoisotopic (exact) mass is 696 g/mol. The van der Waals surface area contributed by atoms with Crippen molar-refractivity contribution >= 4 is 17.5 Å². The van der Waals surface area contributed by atoms with Crippen molar-refractivity contribution < 1.29 is 19.5 Å². The van der Waals surface area contributed by atoms with Gasteiger partial charge in [-0.25, -0.2) is 0 Å². The van der Waals surface area contributed by atoms with Gasteiger partial charge >= 0.3 is 0 Å². The highest BCUT2D eigenvalue weighted by Gasteiger charge is 2.57. The Morgan fingerprint density at radius 1 is 1.12 bits per heavy atom. The van der Waals surface area contributed by atoms with E-state index in [1.54, 1.807) is 25.2 Å². The molecule has 1 saturated heterocycles. The zero-order valence-corrected chi connectivity index (χ0v) is 31.4. The largest absolute Gasteiger partial charge is 0.393 e. The molecule has 3 saturated carbocycles. The van der Waals surface area contributed by atoms with Crippen molar-refractivity contribution in [2.75, 3.05) is 32.6 Å². The maximum atomic E-state index is 14.5. The first-order chi connectivity index (χ1) is 24.3. The number of fused-ring (bicyclic) bond motifs is 2. The molecular formula is C41H56N6O4. The molecule has 4 fully saturated rings. The summed E-state index contributed by atoms with van der Waals surface area (Å²) in [6, 6.07) is 17.3. The number of hydrogen-bond donors (Lipinski definition) is 4. The minimum absolute atomic E-state index is 0.0909. The Morgan fingerprint density at radius 3 is 2.55 bits per heavy atom. The third kappa shape index (κ3) is 7.42. The van der Waals surface area contributed by atoms with Gasteiger partial charge in [0.25, 0.3) is 5.91 Å². The van der Waals surface area contributed by atoms with E-state index in [2.05, 4.69) is 66.8 Å². The molecule has 2 amide bonds. The predicted octanol–water partition coefficient (Wildman–Crippen LogP) is 4.94. The number of nitrogens with one attached hydrogen (secondary N) is 3. The van der Waals surface area contributed by atoms with E-state index < -0.39 is 24.2 Å². The van der Waals surface area contributed by atoms with Gasteiger partial charge in [-0.3, -0.25) is 19.4 Å². The summed E-state index contributed by atoms with van der Waals surface area (Å²) in [7, 11) is 5.56. The van der Waals surface area contributed by atoms with Crippen LogP contribution in [0.1, 0.15) is 67.7 Å². The summed E-state index contributed by atoms with van der Waals surface area (Å²) in [4.78, 5) is 40.3. The number of aromatic nitrogens is 1. The number of amides is 2. The van der Waals surface area contributed by atoms with Gasteiger partial charge in [0.1, 0.15) is 6.04 Å². The summed E-state index contributed by atoms with van der Waals surface area (Å²) in [5.41, 5.74) is 6.70. The fourth-order valence-corrected chi connectivity index (χ4v) is 8.98. The fraction of sp³-hybridized carbons (Fsp3) is 0.537. The number of pyridine rings is 1. The van der Waals surface area contributed by atoms with Crippen molar-refractivity contribution in [2.45, 2.75) is 84.8 Å². The van der Waals surface area contributed by atoms with Crippen LogP contribution in [0.4, 0.5) is 5.69 Å². The molecular weight excluding hydrogens is 640 g/mol. The molecule has 2 bridgehead atoms. The number of aliphatic hydroxyl groups is 1. The molecule has 1 aromatic heterocycles. The van der Waals surface area contributed by atoms with E-state index in [0.717, 1.165) is 40.1 Å². The van der Waals surface area contributed by atoms with Crippen molar-refractivity contribution in [3.8, 4) is 11.1 Å². The summed E-state index contributed by atoms with van der Waals surface area (Å²) in [5.74, 6) is 0.883. The minimum Gasteiger partial charge on any atom is -0.393 e. The fourth-order valence-electron chi connectivity index (χ4n) is 8.98. The van der Waals surface area contributed by atoms with Gasteiger partial charge < -0.3 is 26.0 Å². The molecule has 10 nitrogen and oxygen atoms in total. The van der Waals surface area contributed by atoms with E-state index in [1.807, 2.05) is 55.4 Å². The molecule has 8 atom stereocenters. The SMILES string of the molecule is CNC(=O)c1cc(-c2cccc(CN3O[C@@H](CNCc4ccccn4)[C@@H]([C@H](C)O)[C@H]3C(=O)N[C@H]3C[C@@H]4C[C@H]([C@@H]3C)C4(C)C)c2C)cc(N(C)C)c1. The lowest BCUT2D eigenvalue weighted by atomic mass is 9.45. The first-order valence-electron chi connectivity index (χ1n) is 18.5. The Labute approximate surface area is 303 Å². The van der Waals surface area contributed by atoms with Gasteiger partial charge in [-0.2, -0.15) is 5.06 Å². The number of nitrogens with zero attached hydrogens (tertiary/aromatic N) is 3. The second kappa shape index (κ2) is 15.0. The van der Waals surface area contributed by atoms with Gasteiger partial charge in [0, 0.05) is 63.6 Å². The Bertz CT molecular complexity index is 1710. The van der Waals surface area contributed by atoms with Crippen LogP contribution in [-0.4, -0.2) is 78.9 Å². The second-order valence-corrected chi connectivity index (χ2v) is 15.8. The predicted molar refractivity (Wildman–Crippen MR) is 201 cm³/mol. The maximum absolute atomic E-state index is 14.5. The lowest BCUT2D eigenvalue weighted by molar-refractivity contribution is -0.176. The Morgan fingerprint density at radius 2 is 1.90 bits per heavy atom. The molecule has 274 valence electrons. The molecule has 0 radical (unpaired) electrons. The molecule has 4 aliphatic rings. The molecule has 0 unspecified atom stereocenters. The molecule has 10 heteroatoms. The Hall–Kier alpha value is -3.83. The number of aliphatic hydroxyl groups excluding tert-OH is 1. The standard InChI is InChI=1S/C41H56N6O4/c1-24-27(12-11-14-33(24)28-16-29(39(49)42-6)18-32(17-28)46(7)8)23-47-38(40(50)45-35-20-30-19-34(25(35)2)41(30,4)5)37(26(3)48)36(51-47)22-43-21-31-13-9-10-15-44-31/h9-18,25-26,30,34-38,43,48H,19-23H2,1-8H3,(H,42,49)(H,45,50)/t25-,26-,30-,34+,35-,36-,37+,38-/m0/s1. The topological polar surface area (TPSA) is 119 Å². The van der Waals surface area contributed by atoms with Crippen molar-refractivity contribution in [1.29, 1.82) is 0 Å². The number of hydrogen-bond acceptors (Lipinski definition) is 8. The van der Waals surface area contributed by atoms with E-state index >= 15 is 0 Å². The van der Waals surface area contributed by atoms with Crippen molar-refractivity contribution in [3.63, 3.8) is 0 Å². The van der Waals surface area contributed by atoms with E-state index in [4.69, 9.17) is 4.84 Å². The summed E-state index contributed by atoms with van der Waals surface area (Å²) in [6.07, 6.45) is 2.76. The van der Waals surface area contributed by atoms with Gasteiger partial charge in [0.15, 0.2) is 0 Å². The number of anilines is 1. The van der Waals surface area contributed by atoms with E-state index in [9.17, 15) is 14.7 Å². The van der Waals surface area contributed by atoms with Crippen LogP contribution in [0.25, 0.3) is 11.1 Å². The van der Waals surface area contributed by atoms with Crippen LogP contribution in [-0.2, 0) is 22.7 Å². The lowest BCUT2D eigenvalue weighted by Gasteiger charge is -2.62. The summed E-state index contributed by atoms with van der Waals surface area (Å²) in [6.45, 7) is 12.2. The van der Waals surface area contributed by atoms with Crippen LogP contribution >= 0.6 is 0 Å². The summed E-state index contributed by atoms with van der Waals surface area (Å²) < 4.78 is 0. The Kier molecular flexibility index (Phi) is 10.9. The van der Waals surface area contributed by atoms with E-state index in [0.29, 0.717) is 48.4 Å². The zero-order chi connectivity index (χ0) is 36.6. The van der Waals surface area contributed by atoms with Gasteiger partial charge in [-0.1, -0.05) is 45.0 Å². The quantitative estimate of drug-likeness (QED) is 0.211. The van der Waals surface area contributed by atoms with Crippen LogP contribution in [0.2, 0.25) is 0 Å². The third-order valence-corrected chi connectivity index (χ3v) is 12.3. The molecule has 51 heavy (non-hydrogen) atoms. The van der Waals surface area contributed by atoms with Gasteiger partial charge in [0.05, 0.1) is 24.4 Å². The molecule has 7 rings (SSSR count). The zero-order valence-electron chi connectivity index (χ0n) is 31.4. The molecule has 2 heterocycles. The van der Waals surface area contributed by atoms with Crippen molar-refractivity contribution in [2.24, 2.45) is 29.1 Å². The first kappa shape index (κ1) is 36.9. The van der Waals surface area contributed by atoms with Crippen molar-refractivity contribution in [1.82, 2.24) is 26.0 Å². The van der Waals surface area contributed by atoms with Crippen LogP contribution in [0, 0.1) is 36.0 Å². The van der Waals surface area contributed by atoms with Crippen LogP contribution in [0.15, 0.2) is 60.8 Å². The highest BCUT2D eigenvalue weighted by atomic mass is 16.7. The summed E-state index contributed by atoms with van der Waals surface area (Å²) in [5, 5.41) is 22.7. The molecule has 3 aliphatic carbocycles. The Balaban J connectivity index is 1.29. The van der Waals surface area contributed by atoms with Crippen LogP contribution < -0.4 is 20.9 Å². The molecule has 2 aromatic carbocycles. The molecule has 1 aliphatic heterocycles. The number of hydroxylamine groups is 2. The molecule has 4 N–H and O–H groups in total. The number of carbonyl (C=O) groups is 2. The average molecular weight is 697 g/mol. The number of carbonyl (C=O) groups excluding carboxylic acids is 2. The first-order valence-corrected chi connectivity index (χ1v) is 18.5. The molecule has 0 spiro atoms. The second-order valence-electron chi connectivity index (χ2n) is 15.8. The lowest BCUT2D eigenvalue weighted by Crippen LogP contribution is -2.62. The van der Waals surface area contributed by atoms with Crippen LogP contribution in [0.3, 0.4) is 0 Å². The summed E-state index contributed by atoms with van der Waals surface area (Å²) >= 11 is 0. The van der Waals surface area contributed by atoms with Crippen molar-refractivity contribution in [3.05, 3.63) is 83.2 Å². The van der Waals surface area contributed by atoms with Gasteiger partial charge in [-0.15, -0.1) is 0 Å². The highest BCUT2D eigenvalue weighted by Crippen LogP contribution is 2.61. The normalized spacial score (nSPS) is 27.4. The van der Waals surface area contributed by atoms with Gasteiger partial charge in [-0.05, 0) is 102 Å². The highest BCUT2D eigenvalue weighted by molar-refractivity contribution is 5.96. The van der Waals surface area contributed by atoms with Gasteiger partial charge in [0.2, 0.25) is 5.91 Å². The van der Waals surface area contributed by atoms with E-state index in [1.165, 1.54) is 6.42 Å². The van der Waals surface area contributed by atoms with Crippen LogP contribution in [0.5, 0.6) is 0 Å².